The minimum atomic E-state index is -1.02. The third kappa shape index (κ3) is 13.4. The number of nitrogens with one attached hydrogen (secondary N) is 4. The molecule has 12 heteroatoms. The Labute approximate surface area is 300 Å². The summed E-state index contributed by atoms with van der Waals surface area (Å²) in [6, 6.07) is -2.69. The lowest BCUT2D eigenvalue weighted by Gasteiger charge is -2.35. The van der Waals surface area contributed by atoms with Crippen LogP contribution in [0.4, 0.5) is 4.79 Å². The molecule has 0 aromatic rings. The maximum atomic E-state index is 14.5. The summed E-state index contributed by atoms with van der Waals surface area (Å²) in [5.41, 5.74) is -0.234. The van der Waals surface area contributed by atoms with Crippen LogP contribution in [0.25, 0.3) is 0 Å². The van der Waals surface area contributed by atoms with Crippen LogP contribution in [0.2, 0.25) is 0 Å². The van der Waals surface area contributed by atoms with Crippen LogP contribution in [0.5, 0.6) is 0 Å². The van der Waals surface area contributed by atoms with E-state index in [1.165, 1.54) is 6.08 Å². The number of ketones is 1. The molecule has 5 atom stereocenters. The Morgan fingerprint density at radius 2 is 1.58 bits per heavy atom. The van der Waals surface area contributed by atoms with Gasteiger partial charge in [0.05, 0.1) is 12.6 Å². The van der Waals surface area contributed by atoms with E-state index in [1.54, 1.807) is 4.90 Å². The zero-order chi connectivity index (χ0) is 37.6. The van der Waals surface area contributed by atoms with Crippen LogP contribution >= 0.6 is 0 Å². The number of ether oxygens (including phenoxy) is 1. The first kappa shape index (κ1) is 42.7. The molecule has 2 aliphatic rings. The van der Waals surface area contributed by atoms with E-state index in [0.29, 0.717) is 25.8 Å². The average Bonchev–Trinajstić information content (AvgIpc) is 3.51. The summed E-state index contributed by atoms with van der Waals surface area (Å²) in [7, 11) is 0. The highest BCUT2D eigenvalue weighted by Gasteiger charge is 2.45. The van der Waals surface area contributed by atoms with Gasteiger partial charge in [-0.05, 0) is 75.0 Å². The van der Waals surface area contributed by atoms with Gasteiger partial charge < -0.3 is 30.9 Å². The first-order valence-corrected chi connectivity index (χ1v) is 18.8. The van der Waals surface area contributed by atoms with Crippen LogP contribution < -0.4 is 21.3 Å². The Kier molecular flexibility index (Phi) is 17.4. The van der Waals surface area contributed by atoms with Crippen LogP contribution in [-0.2, 0) is 28.7 Å². The standard InChI is InChI=1S/C38H65N5O7/c1-10-15-29(33(45)35(47)39-20-11-2)41-34(46)30-21-27(24(3)4)22-43(30)36(48)32(26-16-13-12-14-17-26)42-31(44)19-18-28(38(7,8)9)23-50-37(49)40-25(5)6/h11,24-30,32H,2,10,12-23H2,1,3-9H3,(H,39,47)(H,40,49)(H,41,46)(H,42,44)/t27-,28-,29?,30?,32+/m1/s1. The number of nitrogens with zero attached hydrogens (tertiary/aromatic N) is 1. The minimum absolute atomic E-state index is 0.0501. The van der Waals surface area contributed by atoms with Crippen LogP contribution in [0.3, 0.4) is 0 Å². The molecule has 2 rings (SSSR count). The van der Waals surface area contributed by atoms with Gasteiger partial charge in [0.1, 0.15) is 12.1 Å². The van der Waals surface area contributed by atoms with Crippen molar-refractivity contribution >= 4 is 35.5 Å². The van der Waals surface area contributed by atoms with Crippen molar-refractivity contribution in [3.8, 4) is 0 Å². The van der Waals surface area contributed by atoms with E-state index in [-0.39, 0.29) is 72.9 Å². The maximum absolute atomic E-state index is 14.5. The van der Waals surface area contributed by atoms with Crippen LogP contribution in [0.1, 0.15) is 120 Å². The molecule has 0 bridgehead atoms. The van der Waals surface area contributed by atoms with Crippen molar-refractivity contribution in [3.63, 3.8) is 0 Å². The Morgan fingerprint density at radius 3 is 2.14 bits per heavy atom. The van der Waals surface area contributed by atoms with Gasteiger partial charge in [-0.15, -0.1) is 6.58 Å². The highest BCUT2D eigenvalue weighted by Crippen LogP contribution is 2.34. The molecular formula is C38H65N5O7. The molecule has 1 aliphatic carbocycles. The quantitative estimate of drug-likeness (QED) is 0.119. The fraction of sp³-hybridized carbons (Fsp3) is 0.789. The topological polar surface area (TPSA) is 163 Å². The summed E-state index contributed by atoms with van der Waals surface area (Å²) in [5, 5.41) is 11.1. The lowest BCUT2D eigenvalue weighted by molar-refractivity contribution is -0.144. The number of hydrogen-bond donors (Lipinski definition) is 4. The van der Waals surface area contributed by atoms with Crippen LogP contribution in [0.15, 0.2) is 12.7 Å². The molecule has 50 heavy (non-hydrogen) atoms. The van der Waals surface area contributed by atoms with Crippen molar-refractivity contribution in [3.05, 3.63) is 12.7 Å². The van der Waals surface area contributed by atoms with Crippen LogP contribution in [-0.4, -0.2) is 84.3 Å². The second-order valence-corrected chi connectivity index (χ2v) is 15.9. The summed E-state index contributed by atoms with van der Waals surface area (Å²) < 4.78 is 5.48. The molecule has 1 saturated heterocycles. The summed E-state index contributed by atoms with van der Waals surface area (Å²) in [6.45, 7) is 20.0. The van der Waals surface area contributed by atoms with E-state index in [2.05, 4.69) is 41.7 Å². The number of Topliss-reactive ketones (excluding diaryl/α,β-unsaturated/α-hetero) is 1. The number of carbonyl (C=O) groups is 6. The van der Waals surface area contributed by atoms with Gasteiger partial charge in [0.2, 0.25) is 23.5 Å². The fourth-order valence-electron chi connectivity index (χ4n) is 6.88. The molecule has 4 N–H and O–H groups in total. The zero-order valence-corrected chi connectivity index (χ0v) is 31.9. The number of likely N-dealkylation sites (tertiary alicyclic amines) is 1. The molecule has 12 nitrogen and oxygen atoms in total. The van der Waals surface area contributed by atoms with Gasteiger partial charge >= 0.3 is 6.09 Å². The molecule has 2 fully saturated rings. The molecule has 1 saturated carbocycles. The van der Waals surface area contributed by atoms with Crippen molar-refractivity contribution in [1.29, 1.82) is 0 Å². The SMILES string of the molecule is C=CCNC(=O)C(=O)C(CCC)NC(=O)C1C[C@@H](C(C)C)CN1C(=O)[C@@H](NC(=O)CC[C@H](COC(=O)NC(C)C)C(C)(C)C)C1CCCCC1. The smallest absolute Gasteiger partial charge is 0.407 e. The second-order valence-electron chi connectivity index (χ2n) is 15.9. The lowest BCUT2D eigenvalue weighted by atomic mass is 9.78. The molecule has 1 aliphatic heterocycles. The van der Waals surface area contributed by atoms with Crippen molar-refractivity contribution in [2.75, 3.05) is 19.7 Å². The van der Waals surface area contributed by atoms with Gasteiger partial charge in [-0.3, -0.25) is 24.0 Å². The summed E-state index contributed by atoms with van der Waals surface area (Å²) >= 11 is 0. The van der Waals surface area contributed by atoms with E-state index in [9.17, 15) is 28.8 Å². The molecule has 284 valence electrons. The van der Waals surface area contributed by atoms with E-state index in [0.717, 1.165) is 32.1 Å². The Bertz CT molecular complexity index is 1170. The van der Waals surface area contributed by atoms with Gasteiger partial charge in [0.25, 0.3) is 5.91 Å². The summed E-state index contributed by atoms with van der Waals surface area (Å²) in [5.74, 6) is -2.43. The minimum Gasteiger partial charge on any atom is -0.449 e. The van der Waals surface area contributed by atoms with E-state index in [1.807, 2.05) is 41.5 Å². The van der Waals surface area contributed by atoms with Gasteiger partial charge in [0.15, 0.2) is 0 Å². The number of rotatable bonds is 18. The molecule has 0 aromatic carbocycles. The summed E-state index contributed by atoms with van der Waals surface area (Å²) in [6.07, 6.45) is 7.45. The Morgan fingerprint density at radius 1 is 0.920 bits per heavy atom. The fourth-order valence-corrected chi connectivity index (χ4v) is 6.88. The molecule has 0 spiro atoms. The summed E-state index contributed by atoms with van der Waals surface area (Å²) in [4.78, 5) is 81.2. The first-order chi connectivity index (χ1) is 23.5. The Balaban J connectivity index is 2.27. The molecule has 0 aromatic heterocycles. The van der Waals surface area contributed by atoms with Gasteiger partial charge in [0, 0.05) is 25.6 Å². The second kappa shape index (κ2) is 20.4. The molecule has 0 radical (unpaired) electrons. The maximum Gasteiger partial charge on any atom is 0.407 e. The van der Waals surface area contributed by atoms with Crippen LogP contribution in [0, 0.1) is 29.1 Å². The highest BCUT2D eigenvalue weighted by atomic mass is 16.5. The van der Waals surface area contributed by atoms with Crippen molar-refractivity contribution in [2.24, 2.45) is 29.1 Å². The third-order valence-electron chi connectivity index (χ3n) is 10.2. The normalized spacial score (nSPS) is 20.1. The van der Waals surface area contributed by atoms with Gasteiger partial charge in [-0.2, -0.15) is 0 Å². The average molecular weight is 704 g/mol. The van der Waals surface area contributed by atoms with Crippen molar-refractivity contribution < 1.29 is 33.5 Å². The van der Waals surface area contributed by atoms with Gasteiger partial charge in [-0.1, -0.05) is 73.3 Å². The molecular weight excluding hydrogens is 638 g/mol. The zero-order valence-electron chi connectivity index (χ0n) is 31.9. The monoisotopic (exact) mass is 703 g/mol. The van der Waals surface area contributed by atoms with Crippen molar-refractivity contribution in [1.82, 2.24) is 26.2 Å². The highest BCUT2D eigenvalue weighted by molar-refractivity contribution is 6.38. The lowest BCUT2D eigenvalue weighted by Crippen LogP contribution is -2.58. The molecule has 5 amide bonds. The third-order valence-corrected chi connectivity index (χ3v) is 10.2. The predicted octanol–water partition coefficient (Wildman–Crippen LogP) is 4.66. The first-order valence-electron chi connectivity index (χ1n) is 18.8. The van der Waals surface area contributed by atoms with Gasteiger partial charge in [-0.25, -0.2) is 4.79 Å². The Hall–Kier alpha value is -3.44. The largest absolute Gasteiger partial charge is 0.449 e. The number of alkyl carbamates (subject to hydrolysis) is 1. The van der Waals surface area contributed by atoms with Crippen molar-refractivity contribution in [2.45, 2.75) is 144 Å². The number of carbonyl (C=O) groups excluding carboxylic acids is 6. The van der Waals surface area contributed by atoms with E-state index < -0.39 is 41.8 Å². The van der Waals surface area contributed by atoms with E-state index in [4.69, 9.17) is 4.74 Å². The number of amides is 5. The molecule has 1 heterocycles. The molecule has 2 unspecified atom stereocenters. The number of hydrogen-bond acceptors (Lipinski definition) is 7. The van der Waals surface area contributed by atoms with E-state index >= 15 is 0 Å². The predicted molar refractivity (Wildman–Crippen MR) is 194 cm³/mol.